The van der Waals surface area contributed by atoms with Crippen LogP contribution in [0.25, 0.3) is 0 Å². The van der Waals surface area contributed by atoms with Crippen LogP contribution >= 0.6 is 11.6 Å². The molecule has 2 aromatic rings. The molecule has 0 spiro atoms. The zero-order valence-corrected chi connectivity index (χ0v) is 10.4. The van der Waals surface area contributed by atoms with E-state index in [-0.39, 0.29) is 11.2 Å². The van der Waals surface area contributed by atoms with Gasteiger partial charge in [-0.15, -0.1) is 11.6 Å². The Labute approximate surface area is 106 Å². The molecule has 0 saturated heterocycles. The Morgan fingerprint density at radius 2 is 1.71 bits per heavy atom. The van der Waals surface area contributed by atoms with E-state index in [2.05, 4.69) is 0 Å². The number of halogens is 2. The average molecular weight is 249 g/mol. The fourth-order valence-electron chi connectivity index (χ4n) is 1.87. The smallest absolute Gasteiger partial charge is 0.127 e. The molecule has 0 bridgehead atoms. The fourth-order valence-corrected chi connectivity index (χ4v) is 2.21. The lowest BCUT2D eigenvalue weighted by atomic mass is 10.00. The third-order valence-corrected chi connectivity index (χ3v) is 3.29. The molecule has 0 amide bonds. The summed E-state index contributed by atoms with van der Waals surface area (Å²) in [6, 6.07) is 14.7. The van der Waals surface area contributed by atoms with Crippen molar-refractivity contribution in [2.24, 2.45) is 0 Å². The number of rotatable bonds is 3. The van der Waals surface area contributed by atoms with Crippen molar-refractivity contribution in [3.63, 3.8) is 0 Å². The summed E-state index contributed by atoms with van der Waals surface area (Å²) in [5.74, 6) is -0.235. The first-order valence-corrected chi connectivity index (χ1v) is 6.05. The van der Waals surface area contributed by atoms with Gasteiger partial charge in [-0.2, -0.15) is 0 Å². The molecular formula is C15H14ClF. The SMILES string of the molecule is Cc1ccccc1CC(Cl)c1ccccc1F. The summed E-state index contributed by atoms with van der Waals surface area (Å²) in [5.41, 5.74) is 2.92. The van der Waals surface area contributed by atoms with Gasteiger partial charge in [0.05, 0.1) is 5.38 Å². The number of aryl methyl sites for hydroxylation is 1. The standard InChI is InChI=1S/C15H14ClF/c1-11-6-2-3-7-12(11)10-14(16)13-8-4-5-9-15(13)17/h2-9,14H,10H2,1H3. The van der Waals surface area contributed by atoms with Crippen molar-refractivity contribution < 1.29 is 4.39 Å². The lowest BCUT2D eigenvalue weighted by Crippen LogP contribution is -2.00. The van der Waals surface area contributed by atoms with Crippen molar-refractivity contribution in [2.75, 3.05) is 0 Å². The molecule has 0 saturated carbocycles. The van der Waals surface area contributed by atoms with Crippen LogP contribution in [0.3, 0.4) is 0 Å². The minimum absolute atomic E-state index is 0.235. The summed E-state index contributed by atoms with van der Waals surface area (Å²) in [4.78, 5) is 0. The summed E-state index contributed by atoms with van der Waals surface area (Å²) in [7, 11) is 0. The number of alkyl halides is 1. The third kappa shape index (κ3) is 2.86. The highest BCUT2D eigenvalue weighted by atomic mass is 35.5. The minimum atomic E-state index is -0.322. The Morgan fingerprint density at radius 1 is 1.06 bits per heavy atom. The predicted octanol–water partition coefficient (Wildman–Crippen LogP) is 4.66. The predicted molar refractivity (Wildman–Crippen MR) is 69.9 cm³/mol. The van der Waals surface area contributed by atoms with E-state index < -0.39 is 0 Å². The zero-order valence-electron chi connectivity index (χ0n) is 9.66. The van der Waals surface area contributed by atoms with E-state index >= 15 is 0 Å². The van der Waals surface area contributed by atoms with Crippen LogP contribution in [0, 0.1) is 12.7 Å². The van der Waals surface area contributed by atoms with E-state index in [9.17, 15) is 4.39 Å². The van der Waals surface area contributed by atoms with Gasteiger partial charge in [-0.3, -0.25) is 0 Å². The molecule has 0 aromatic heterocycles. The normalized spacial score (nSPS) is 12.4. The van der Waals surface area contributed by atoms with E-state index in [1.807, 2.05) is 37.3 Å². The van der Waals surface area contributed by atoms with Gasteiger partial charge in [-0.25, -0.2) is 4.39 Å². The third-order valence-electron chi connectivity index (χ3n) is 2.90. The van der Waals surface area contributed by atoms with Gasteiger partial charge in [0.25, 0.3) is 0 Å². The van der Waals surface area contributed by atoms with E-state index in [0.717, 1.165) is 5.56 Å². The quantitative estimate of drug-likeness (QED) is 0.694. The van der Waals surface area contributed by atoms with Crippen LogP contribution in [0.15, 0.2) is 48.5 Å². The topological polar surface area (TPSA) is 0 Å². The van der Waals surface area contributed by atoms with E-state index in [1.54, 1.807) is 12.1 Å². The number of hydrogen-bond acceptors (Lipinski definition) is 0. The lowest BCUT2D eigenvalue weighted by molar-refractivity contribution is 0.605. The first-order chi connectivity index (χ1) is 8.18. The summed E-state index contributed by atoms with van der Waals surface area (Å²) in [5, 5.41) is -0.322. The van der Waals surface area contributed by atoms with Gasteiger partial charge < -0.3 is 0 Å². The van der Waals surface area contributed by atoms with Crippen LogP contribution < -0.4 is 0 Å². The second kappa shape index (κ2) is 5.33. The van der Waals surface area contributed by atoms with Gasteiger partial charge in [0.2, 0.25) is 0 Å². The second-order valence-electron chi connectivity index (χ2n) is 4.12. The molecule has 1 atom stereocenters. The molecule has 2 aromatic carbocycles. The Hall–Kier alpha value is -1.34. The van der Waals surface area contributed by atoms with E-state index in [4.69, 9.17) is 11.6 Å². The van der Waals surface area contributed by atoms with Gasteiger partial charge >= 0.3 is 0 Å². The molecular weight excluding hydrogens is 235 g/mol. The van der Waals surface area contributed by atoms with Crippen LogP contribution in [0.1, 0.15) is 22.1 Å². The molecule has 0 N–H and O–H groups in total. The zero-order chi connectivity index (χ0) is 12.3. The molecule has 2 rings (SSSR count). The Kier molecular flexibility index (Phi) is 3.80. The van der Waals surface area contributed by atoms with Crippen molar-refractivity contribution in [3.8, 4) is 0 Å². The summed E-state index contributed by atoms with van der Waals surface area (Å²) in [6.07, 6.45) is 0.648. The summed E-state index contributed by atoms with van der Waals surface area (Å²) >= 11 is 6.28. The molecule has 88 valence electrons. The second-order valence-corrected chi connectivity index (χ2v) is 4.65. The summed E-state index contributed by atoms with van der Waals surface area (Å²) in [6.45, 7) is 2.04. The highest BCUT2D eigenvalue weighted by Crippen LogP contribution is 2.27. The van der Waals surface area contributed by atoms with Crippen molar-refractivity contribution in [1.82, 2.24) is 0 Å². The molecule has 0 aliphatic carbocycles. The highest BCUT2D eigenvalue weighted by molar-refractivity contribution is 6.20. The summed E-state index contributed by atoms with van der Waals surface area (Å²) < 4.78 is 13.6. The van der Waals surface area contributed by atoms with Gasteiger partial charge in [0.15, 0.2) is 0 Å². The monoisotopic (exact) mass is 248 g/mol. The number of hydrogen-bond donors (Lipinski definition) is 0. The van der Waals surface area contributed by atoms with Gasteiger partial charge in [0.1, 0.15) is 5.82 Å². The number of benzene rings is 2. The average Bonchev–Trinajstić information content (AvgIpc) is 2.32. The molecule has 0 aliphatic heterocycles. The lowest BCUT2D eigenvalue weighted by Gasteiger charge is -2.12. The molecule has 1 unspecified atom stereocenters. The van der Waals surface area contributed by atoms with Crippen LogP contribution in [0.4, 0.5) is 4.39 Å². The van der Waals surface area contributed by atoms with Gasteiger partial charge in [-0.05, 0) is 30.5 Å². The van der Waals surface area contributed by atoms with E-state index in [1.165, 1.54) is 11.6 Å². The van der Waals surface area contributed by atoms with Crippen molar-refractivity contribution in [3.05, 3.63) is 71.0 Å². The maximum Gasteiger partial charge on any atom is 0.127 e. The van der Waals surface area contributed by atoms with E-state index in [0.29, 0.717) is 12.0 Å². The Morgan fingerprint density at radius 3 is 2.41 bits per heavy atom. The van der Waals surface area contributed by atoms with Crippen LogP contribution in [-0.2, 0) is 6.42 Å². The fraction of sp³-hybridized carbons (Fsp3) is 0.200. The maximum absolute atomic E-state index is 13.6. The van der Waals surface area contributed by atoms with Crippen LogP contribution in [0.2, 0.25) is 0 Å². The van der Waals surface area contributed by atoms with Crippen molar-refractivity contribution >= 4 is 11.6 Å². The van der Waals surface area contributed by atoms with Gasteiger partial charge in [-0.1, -0.05) is 42.5 Å². The molecule has 0 nitrogen and oxygen atoms in total. The molecule has 0 heterocycles. The molecule has 0 radical (unpaired) electrons. The highest BCUT2D eigenvalue weighted by Gasteiger charge is 2.13. The van der Waals surface area contributed by atoms with Gasteiger partial charge in [0, 0.05) is 5.56 Å². The minimum Gasteiger partial charge on any atom is -0.207 e. The van der Waals surface area contributed by atoms with Crippen molar-refractivity contribution in [1.29, 1.82) is 0 Å². The first kappa shape index (κ1) is 12.1. The molecule has 0 aliphatic rings. The van der Waals surface area contributed by atoms with Crippen LogP contribution in [0.5, 0.6) is 0 Å². The van der Waals surface area contributed by atoms with Crippen molar-refractivity contribution in [2.45, 2.75) is 18.7 Å². The Bertz CT molecular complexity index is 508. The van der Waals surface area contributed by atoms with Crippen LogP contribution in [-0.4, -0.2) is 0 Å². The first-order valence-electron chi connectivity index (χ1n) is 5.61. The molecule has 2 heteroatoms. The molecule has 0 fully saturated rings. The maximum atomic E-state index is 13.6. The Balaban J connectivity index is 2.20. The largest absolute Gasteiger partial charge is 0.207 e. The molecule has 17 heavy (non-hydrogen) atoms.